The van der Waals surface area contributed by atoms with Crippen LogP contribution in [0.2, 0.25) is 0 Å². The second-order valence-electron chi connectivity index (χ2n) is 3.55. The van der Waals surface area contributed by atoms with Crippen LogP contribution in [0.1, 0.15) is 11.1 Å². The Bertz CT molecular complexity index is 301. The van der Waals surface area contributed by atoms with Crippen molar-refractivity contribution in [2.24, 2.45) is 0 Å². The summed E-state index contributed by atoms with van der Waals surface area (Å²) in [7, 11) is 1.84. The van der Waals surface area contributed by atoms with Crippen molar-refractivity contribution in [1.29, 1.82) is 0 Å². The molecule has 0 bridgehead atoms. The molecule has 0 heterocycles. The van der Waals surface area contributed by atoms with Gasteiger partial charge in [-0.25, -0.2) is 4.39 Å². The molecule has 1 aromatic rings. The van der Waals surface area contributed by atoms with Crippen LogP contribution in [0.15, 0.2) is 18.2 Å². The molecule has 1 N–H and O–H groups in total. The molecular weight excluding hydrogens is 181 g/mol. The Hall–Kier alpha value is -0.930. The van der Waals surface area contributed by atoms with Crippen LogP contribution < -0.4 is 0 Å². The first-order chi connectivity index (χ1) is 6.63. The predicted molar refractivity (Wildman–Crippen MR) is 54.6 cm³/mol. The smallest absolute Gasteiger partial charge is 0.126 e. The fourth-order valence-corrected chi connectivity index (χ4v) is 1.25. The van der Waals surface area contributed by atoms with E-state index in [4.69, 9.17) is 5.11 Å². The van der Waals surface area contributed by atoms with E-state index in [1.165, 1.54) is 6.07 Å². The number of benzene rings is 1. The van der Waals surface area contributed by atoms with Gasteiger partial charge in [-0.05, 0) is 37.6 Å². The SMILES string of the molecule is Cc1cc(CCN(C)CO)ccc1F. The van der Waals surface area contributed by atoms with Gasteiger partial charge in [-0.3, -0.25) is 4.90 Å². The van der Waals surface area contributed by atoms with Gasteiger partial charge in [0.25, 0.3) is 0 Å². The highest BCUT2D eigenvalue weighted by atomic mass is 19.1. The van der Waals surface area contributed by atoms with Crippen LogP contribution in [0.5, 0.6) is 0 Å². The standard InChI is InChI=1S/C11H16FNO/c1-9-7-10(3-4-11(9)12)5-6-13(2)8-14/h3-4,7,14H,5-6,8H2,1-2H3. The van der Waals surface area contributed by atoms with Crippen LogP contribution in [0.4, 0.5) is 4.39 Å². The molecule has 0 atom stereocenters. The molecule has 0 saturated heterocycles. The van der Waals surface area contributed by atoms with Gasteiger partial charge in [-0.2, -0.15) is 0 Å². The molecule has 78 valence electrons. The summed E-state index contributed by atoms with van der Waals surface area (Å²) >= 11 is 0. The van der Waals surface area contributed by atoms with E-state index in [2.05, 4.69) is 0 Å². The zero-order valence-electron chi connectivity index (χ0n) is 8.63. The van der Waals surface area contributed by atoms with Crippen LogP contribution in [-0.4, -0.2) is 30.3 Å². The summed E-state index contributed by atoms with van der Waals surface area (Å²) < 4.78 is 12.9. The maximum atomic E-state index is 12.9. The van der Waals surface area contributed by atoms with Crippen molar-refractivity contribution < 1.29 is 9.50 Å². The van der Waals surface area contributed by atoms with Crippen molar-refractivity contribution in [3.05, 3.63) is 35.1 Å². The molecule has 0 radical (unpaired) electrons. The van der Waals surface area contributed by atoms with E-state index >= 15 is 0 Å². The van der Waals surface area contributed by atoms with Crippen LogP contribution in [0.25, 0.3) is 0 Å². The minimum atomic E-state index is -0.163. The summed E-state index contributed by atoms with van der Waals surface area (Å²) in [5.74, 6) is -0.163. The van der Waals surface area contributed by atoms with Crippen molar-refractivity contribution in [3.63, 3.8) is 0 Å². The van der Waals surface area contributed by atoms with Crippen molar-refractivity contribution in [3.8, 4) is 0 Å². The minimum absolute atomic E-state index is 0.0557. The third kappa shape index (κ3) is 3.09. The Balaban J connectivity index is 2.55. The number of hydrogen-bond acceptors (Lipinski definition) is 2. The van der Waals surface area contributed by atoms with Gasteiger partial charge in [0.2, 0.25) is 0 Å². The summed E-state index contributed by atoms with van der Waals surface area (Å²) in [5, 5.41) is 8.78. The Morgan fingerprint density at radius 2 is 2.14 bits per heavy atom. The van der Waals surface area contributed by atoms with E-state index in [1.54, 1.807) is 17.9 Å². The predicted octanol–water partition coefficient (Wildman–Crippen LogP) is 1.56. The Morgan fingerprint density at radius 3 is 2.71 bits per heavy atom. The van der Waals surface area contributed by atoms with Gasteiger partial charge in [0.1, 0.15) is 5.82 Å². The molecule has 0 unspecified atom stereocenters. The summed E-state index contributed by atoms with van der Waals surface area (Å²) in [4.78, 5) is 1.80. The Labute approximate surface area is 84.0 Å². The second-order valence-corrected chi connectivity index (χ2v) is 3.55. The third-order valence-electron chi connectivity index (χ3n) is 2.25. The molecule has 0 aliphatic rings. The highest BCUT2D eigenvalue weighted by Gasteiger charge is 2.00. The highest BCUT2D eigenvalue weighted by Crippen LogP contribution is 2.09. The number of hydrogen-bond donors (Lipinski definition) is 1. The average molecular weight is 197 g/mol. The number of aliphatic hydroxyl groups is 1. The zero-order chi connectivity index (χ0) is 10.6. The van der Waals surface area contributed by atoms with E-state index < -0.39 is 0 Å². The van der Waals surface area contributed by atoms with Gasteiger partial charge in [0, 0.05) is 6.54 Å². The molecular formula is C11H16FNO. The summed E-state index contributed by atoms with van der Waals surface area (Å²) in [6.07, 6.45) is 0.832. The van der Waals surface area contributed by atoms with Gasteiger partial charge in [-0.1, -0.05) is 12.1 Å². The van der Waals surface area contributed by atoms with Gasteiger partial charge in [0.05, 0.1) is 6.73 Å². The van der Waals surface area contributed by atoms with Crippen LogP contribution in [0.3, 0.4) is 0 Å². The molecule has 3 heteroatoms. The van der Waals surface area contributed by atoms with E-state index in [0.29, 0.717) is 5.56 Å². The van der Waals surface area contributed by atoms with Crippen LogP contribution in [0, 0.1) is 12.7 Å². The Morgan fingerprint density at radius 1 is 1.43 bits per heavy atom. The number of rotatable bonds is 4. The second kappa shape index (κ2) is 5.08. The number of aryl methyl sites for hydroxylation is 1. The largest absolute Gasteiger partial charge is 0.381 e. The molecule has 1 aromatic carbocycles. The minimum Gasteiger partial charge on any atom is -0.381 e. The molecule has 0 amide bonds. The molecule has 0 saturated carbocycles. The average Bonchev–Trinajstić information content (AvgIpc) is 2.19. The summed E-state index contributed by atoms with van der Waals surface area (Å²) in [6.45, 7) is 2.59. The molecule has 1 rings (SSSR count). The number of likely N-dealkylation sites (N-methyl/N-ethyl adjacent to an activating group) is 1. The van der Waals surface area contributed by atoms with E-state index in [1.807, 2.05) is 13.1 Å². The van der Waals surface area contributed by atoms with Gasteiger partial charge < -0.3 is 5.11 Å². The number of halogens is 1. The van der Waals surface area contributed by atoms with Crippen molar-refractivity contribution in [2.45, 2.75) is 13.3 Å². The number of nitrogens with zero attached hydrogens (tertiary/aromatic N) is 1. The fourth-order valence-electron chi connectivity index (χ4n) is 1.25. The number of aliphatic hydroxyl groups excluding tert-OH is 1. The molecule has 0 fully saturated rings. The summed E-state index contributed by atoms with van der Waals surface area (Å²) in [5.41, 5.74) is 1.78. The lowest BCUT2D eigenvalue weighted by Crippen LogP contribution is -2.21. The lowest BCUT2D eigenvalue weighted by atomic mass is 10.1. The monoisotopic (exact) mass is 197 g/mol. The molecule has 0 aliphatic heterocycles. The quantitative estimate of drug-likeness (QED) is 0.740. The molecule has 14 heavy (non-hydrogen) atoms. The van der Waals surface area contributed by atoms with Crippen molar-refractivity contribution in [2.75, 3.05) is 20.3 Å². The van der Waals surface area contributed by atoms with Gasteiger partial charge in [0.15, 0.2) is 0 Å². The third-order valence-corrected chi connectivity index (χ3v) is 2.25. The van der Waals surface area contributed by atoms with Crippen molar-refractivity contribution in [1.82, 2.24) is 4.90 Å². The Kier molecular flexibility index (Phi) is 4.04. The van der Waals surface area contributed by atoms with E-state index in [-0.39, 0.29) is 12.5 Å². The topological polar surface area (TPSA) is 23.5 Å². The molecule has 2 nitrogen and oxygen atoms in total. The van der Waals surface area contributed by atoms with Crippen LogP contribution in [-0.2, 0) is 6.42 Å². The van der Waals surface area contributed by atoms with E-state index in [0.717, 1.165) is 18.5 Å². The highest BCUT2D eigenvalue weighted by molar-refractivity contribution is 5.24. The normalized spacial score (nSPS) is 10.9. The summed E-state index contributed by atoms with van der Waals surface area (Å²) in [6, 6.07) is 5.12. The molecule has 0 aliphatic carbocycles. The van der Waals surface area contributed by atoms with Crippen LogP contribution >= 0.6 is 0 Å². The fraction of sp³-hybridized carbons (Fsp3) is 0.455. The first-order valence-corrected chi connectivity index (χ1v) is 4.68. The maximum Gasteiger partial charge on any atom is 0.126 e. The van der Waals surface area contributed by atoms with Gasteiger partial charge >= 0.3 is 0 Å². The first kappa shape index (κ1) is 11.1. The molecule has 0 spiro atoms. The van der Waals surface area contributed by atoms with E-state index in [9.17, 15) is 4.39 Å². The van der Waals surface area contributed by atoms with Crippen molar-refractivity contribution >= 4 is 0 Å². The maximum absolute atomic E-state index is 12.9. The van der Waals surface area contributed by atoms with Gasteiger partial charge in [-0.15, -0.1) is 0 Å². The lowest BCUT2D eigenvalue weighted by molar-refractivity contribution is 0.134. The lowest BCUT2D eigenvalue weighted by Gasteiger charge is -2.12. The first-order valence-electron chi connectivity index (χ1n) is 4.68. The zero-order valence-corrected chi connectivity index (χ0v) is 8.63. The molecule has 0 aromatic heterocycles.